The lowest BCUT2D eigenvalue weighted by molar-refractivity contribution is -0.143. The number of urea groups is 1. The van der Waals surface area contributed by atoms with Gasteiger partial charge in [0, 0.05) is 19.5 Å². The van der Waals surface area contributed by atoms with Crippen LogP contribution in [0.15, 0.2) is 12.7 Å². The lowest BCUT2D eigenvalue weighted by Gasteiger charge is -2.43. The van der Waals surface area contributed by atoms with Gasteiger partial charge >= 0.3 is 6.03 Å². The molecule has 0 bridgehead atoms. The second kappa shape index (κ2) is 16.4. The summed E-state index contributed by atoms with van der Waals surface area (Å²) in [5.74, 6) is -0.595. The number of ketones is 1. The number of carbonyl (C=O) groups excluding carboxylic acids is 5. The summed E-state index contributed by atoms with van der Waals surface area (Å²) in [7, 11) is -3.36. The van der Waals surface area contributed by atoms with Crippen LogP contribution < -0.4 is 21.3 Å². The molecule has 0 aromatic heterocycles. The van der Waals surface area contributed by atoms with E-state index in [2.05, 4.69) is 27.8 Å². The minimum absolute atomic E-state index is 0.117. The number of sulfone groups is 1. The first-order valence-electron chi connectivity index (χ1n) is 17.7. The van der Waals surface area contributed by atoms with Crippen molar-refractivity contribution in [1.82, 2.24) is 26.2 Å². The van der Waals surface area contributed by atoms with E-state index >= 15 is 0 Å². The molecule has 1 saturated carbocycles. The second-order valence-electron chi connectivity index (χ2n) is 15.0. The third-order valence-corrected chi connectivity index (χ3v) is 15.9. The maximum absolute atomic E-state index is 14.6. The molecule has 1 aliphatic carbocycles. The summed E-state index contributed by atoms with van der Waals surface area (Å²) in [6.07, 6.45) is 8.44. The Balaban J connectivity index is 1.58. The molecular weight excluding hydrogens is 687 g/mol. The maximum atomic E-state index is 14.6. The van der Waals surface area contributed by atoms with Crippen LogP contribution in [-0.4, -0.2) is 106 Å². The van der Waals surface area contributed by atoms with Crippen LogP contribution in [0.4, 0.5) is 4.79 Å². The van der Waals surface area contributed by atoms with Gasteiger partial charge in [-0.1, -0.05) is 59.5 Å². The lowest BCUT2D eigenvalue weighted by Crippen LogP contribution is -2.65. The van der Waals surface area contributed by atoms with Crippen molar-refractivity contribution in [3.8, 4) is 0 Å². The quantitative estimate of drug-likeness (QED) is 0.173. The van der Waals surface area contributed by atoms with E-state index < -0.39 is 77.8 Å². The smallest absolute Gasteiger partial charge is 0.315 e. The van der Waals surface area contributed by atoms with Gasteiger partial charge in [-0.25, -0.2) is 13.2 Å². The number of amides is 5. The van der Waals surface area contributed by atoms with Crippen molar-refractivity contribution in [3.05, 3.63) is 12.7 Å². The van der Waals surface area contributed by atoms with Crippen LogP contribution in [0.25, 0.3) is 0 Å². The molecule has 4 rings (SSSR count). The van der Waals surface area contributed by atoms with Crippen molar-refractivity contribution in [2.24, 2.45) is 5.41 Å². The van der Waals surface area contributed by atoms with E-state index in [0.29, 0.717) is 38.5 Å². The van der Waals surface area contributed by atoms with Crippen molar-refractivity contribution >= 4 is 62.9 Å². The van der Waals surface area contributed by atoms with E-state index in [1.807, 2.05) is 27.7 Å². The zero-order valence-corrected chi connectivity index (χ0v) is 31.9. The van der Waals surface area contributed by atoms with Crippen LogP contribution in [0, 0.1) is 5.41 Å². The van der Waals surface area contributed by atoms with Gasteiger partial charge in [0.15, 0.2) is 9.84 Å². The Bertz CT molecular complexity index is 1370. The largest absolute Gasteiger partial charge is 0.346 e. The molecule has 49 heavy (non-hydrogen) atoms. The average Bonchev–Trinajstić information content (AvgIpc) is 3.61. The molecular formula is C34H55N5O7S3. The second-order valence-corrected chi connectivity index (χ2v) is 20.5. The van der Waals surface area contributed by atoms with Gasteiger partial charge in [-0.3, -0.25) is 19.2 Å². The fraction of sp³-hybridized carbons (Fsp3) is 0.794. The molecule has 1 unspecified atom stereocenters. The van der Waals surface area contributed by atoms with Gasteiger partial charge in [0.05, 0.1) is 26.7 Å². The van der Waals surface area contributed by atoms with Crippen LogP contribution >= 0.6 is 23.5 Å². The summed E-state index contributed by atoms with van der Waals surface area (Å²) >= 11 is 3.45. The molecule has 3 heterocycles. The molecule has 4 N–H and O–H groups in total. The Morgan fingerprint density at radius 1 is 1.00 bits per heavy atom. The highest BCUT2D eigenvalue weighted by Crippen LogP contribution is 2.51. The van der Waals surface area contributed by atoms with Gasteiger partial charge in [-0.05, 0) is 55.4 Å². The molecule has 12 nitrogen and oxygen atoms in total. The van der Waals surface area contributed by atoms with Crippen molar-refractivity contribution < 1.29 is 32.4 Å². The Hall–Kier alpha value is -2.26. The van der Waals surface area contributed by atoms with Crippen LogP contribution in [0.5, 0.6) is 0 Å². The van der Waals surface area contributed by atoms with E-state index in [9.17, 15) is 32.4 Å². The third-order valence-electron chi connectivity index (χ3n) is 10.2. The first-order chi connectivity index (χ1) is 23.1. The summed E-state index contributed by atoms with van der Waals surface area (Å²) < 4.78 is 25.7. The fourth-order valence-electron chi connectivity index (χ4n) is 7.70. The molecule has 0 radical (unpaired) electrons. The number of nitrogens with zero attached hydrogens (tertiary/aromatic N) is 1. The number of hydrogen-bond acceptors (Lipinski definition) is 9. The first kappa shape index (κ1) is 39.5. The van der Waals surface area contributed by atoms with Gasteiger partial charge in [0.2, 0.25) is 17.6 Å². The number of likely N-dealkylation sites (tertiary alicyclic amines) is 1. The minimum atomic E-state index is -3.36. The van der Waals surface area contributed by atoms with E-state index in [0.717, 1.165) is 37.2 Å². The Labute approximate surface area is 300 Å². The van der Waals surface area contributed by atoms with Gasteiger partial charge < -0.3 is 26.2 Å². The monoisotopic (exact) mass is 741 g/mol. The Morgan fingerprint density at radius 3 is 2.24 bits per heavy atom. The SMILES string of the molecule is C=CCNC(=O)C(=O)[C@H](CCC)NC(=O)[C@@H]1CC2(CN1C(=O)[C@@H](NC(=O)NC1(C3CCCS3(=O)=O)CCCCC1)C(C)(C)C)SCCCS2. The average molecular weight is 742 g/mol. The van der Waals surface area contributed by atoms with Crippen molar-refractivity contribution in [2.45, 2.75) is 131 Å². The standard InChI is InChI=1S/C34H55N5O7S3/c1-6-13-23(26(40)29(42)35-17-7-2)36-28(41)24-21-34(47-18-12-19-48-34)22-39(24)30(43)27(32(3,4)5)37-31(44)38-33(15-9-8-10-16-33)25-14-11-20-49(25,45)46/h7,23-25,27H,2,6,8-22H2,1,3-5H3,(H,35,42)(H,36,41)(H2,37,38,44)/t23-,24-,25?,27+/m0/s1. The summed E-state index contributed by atoms with van der Waals surface area (Å²) in [4.78, 5) is 69.6. The van der Waals surface area contributed by atoms with Gasteiger partial charge in [0.25, 0.3) is 5.91 Å². The topological polar surface area (TPSA) is 171 Å². The molecule has 4 fully saturated rings. The first-order valence-corrected chi connectivity index (χ1v) is 21.4. The fourth-order valence-corrected chi connectivity index (χ4v) is 13.4. The van der Waals surface area contributed by atoms with Crippen molar-refractivity contribution in [3.63, 3.8) is 0 Å². The predicted molar refractivity (Wildman–Crippen MR) is 195 cm³/mol. The number of carbonyl (C=O) groups is 5. The molecule has 3 saturated heterocycles. The van der Waals surface area contributed by atoms with Gasteiger partial charge in [-0.2, -0.15) is 0 Å². The van der Waals surface area contributed by atoms with Crippen LogP contribution in [0.1, 0.15) is 98.3 Å². The highest BCUT2D eigenvalue weighted by atomic mass is 32.2. The molecule has 1 spiro atoms. The highest BCUT2D eigenvalue weighted by Gasteiger charge is 2.54. The molecule has 4 atom stereocenters. The molecule has 3 aliphatic heterocycles. The van der Waals surface area contributed by atoms with Crippen molar-refractivity contribution in [2.75, 3.05) is 30.3 Å². The number of Topliss-reactive ketones (excluding diaryl/α,β-unsaturated/α-hetero) is 1. The summed E-state index contributed by atoms with van der Waals surface area (Å²) in [5, 5.41) is 10.6. The zero-order chi connectivity index (χ0) is 36.0. The van der Waals surface area contributed by atoms with Crippen LogP contribution in [0.3, 0.4) is 0 Å². The van der Waals surface area contributed by atoms with E-state index in [1.165, 1.54) is 6.08 Å². The normalized spacial score (nSPS) is 25.5. The molecule has 0 aromatic carbocycles. The number of thioether (sulfide) groups is 2. The number of hydrogen-bond donors (Lipinski definition) is 4. The molecule has 4 aliphatic rings. The maximum Gasteiger partial charge on any atom is 0.315 e. The van der Waals surface area contributed by atoms with Gasteiger partial charge in [-0.15, -0.1) is 30.1 Å². The molecule has 5 amide bonds. The Kier molecular flexibility index (Phi) is 13.2. The molecule has 276 valence electrons. The zero-order valence-electron chi connectivity index (χ0n) is 29.4. The van der Waals surface area contributed by atoms with E-state index in [1.54, 1.807) is 28.4 Å². The van der Waals surface area contributed by atoms with E-state index in [4.69, 9.17) is 0 Å². The molecule has 15 heteroatoms. The van der Waals surface area contributed by atoms with Crippen LogP contribution in [0.2, 0.25) is 0 Å². The van der Waals surface area contributed by atoms with Crippen molar-refractivity contribution in [1.29, 1.82) is 0 Å². The van der Waals surface area contributed by atoms with E-state index in [-0.39, 0.29) is 25.3 Å². The lowest BCUT2D eigenvalue weighted by atomic mass is 9.78. The highest BCUT2D eigenvalue weighted by molar-refractivity contribution is 8.18. The molecule has 0 aromatic rings. The number of rotatable bonds is 12. The van der Waals surface area contributed by atoms with Gasteiger partial charge in [0.1, 0.15) is 12.1 Å². The summed E-state index contributed by atoms with van der Waals surface area (Å²) in [5.41, 5.74) is -1.65. The minimum Gasteiger partial charge on any atom is -0.346 e. The Morgan fingerprint density at radius 2 is 1.67 bits per heavy atom. The predicted octanol–water partition coefficient (Wildman–Crippen LogP) is 3.30. The summed E-state index contributed by atoms with van der Waals surface area (Å²) in [6.45, 7) is 11.3. The third kappa shape index (κ3) is 9.35. The van der Waals surface area contributed by atoms with Crippen LogP contribution in [-0.2, 0) is 29.0 Å². The summed E-state index contributed by atoms with van der Waals surface area (Å²) in [6, 6.07) is -3.59. The number of nitrogens with one attached hydrogen (secondary N) is 4.